The fraction of sp³-hybridized carbons (Fsp3) is 0.438. The highest BCUT2D eigenvalue weighted by Crippen LogP contribution is 2.39. The van der Waals surface area contributed by atoms with E-state index in [1.54, 1.807) is 0 Å². The van der Waals surface area contributed by atoms with Gasteiger partial charge in [0.15, 0.2) is 0 Å². The SMILES string of the molecule is CCOC(=O)[C@@]1(C)CCN(c2cccc(-c3ccccc3OCc3ccc4c(c3C)CCNC4)n2)C[C@@H]1C. The van der Waals surface area contributed by atoms with E-state index in [4.69, 9.17) is 14.5 Å². The third-order valence-electron chi connectivity index (χ3n) is 8.50. The van der Waals surface area contributed by atoms with Gasteiger partial charge in [-0.3, -0.25) is 4.79 Å². The molecule has 0 aliphatic carbocycles. The molecule has 1 saturated heterocycles. The molecule has 2 aromatic carbocycles. The van der Waals surface area contributed by atoms with Crippen LogP contribution in [0.3, 0.4) is 0 Å². The third-order valence-corrected chi connectivity index (χ3v) is 8.50. The number of pyridine rings is 1. The van der Waals surface area contributed by atoms with E-state index in [0.717, 1.165) is 61.8 Å². The van der Waals surface area contributed by atoms with Crippen molar-refractivity contribution in [2.24, 2.45) is 11.3 Å². The van der Waals surface area contributed by atoms with Crippen molar-refractivity contribution in [3.8, 4) is 17.0 Å². The lowest BCUT2D eigenvalue weighted by atomic mass is 9.72. The highest BCUT2D eigenvalue weighted by atomic mass is 16.5. The third kappa shape index (κ3) is 5.14. The number of nitrogens with one attached hydrogen (secondary N) is 1. The van der Waals surface area contributed by atoms with Crippen molar-refractivity contribution >= 4 is 11.8 Å². The van der Waals surface area contributed by atoms with Gasteiger partial charge in [-0.25, -0.2) is 4.98 Å². The molecule has 2 atom stereocenters. The van der Waals surface area contributed by atoms with Gasteiger partial charge in [-0.1, -0.05) is 37.3 Å². The van der Waals surface area contributed by atoms with Gasteiger partial charge in [0.2, 0.25) is 0 Å². The molecular formula is C32H39N3O3. The number of carbonyl (C=O) groups excluding carboxylic acids is 1. The predicted octanol–water partition coefficient (Wildman–Crippen LogP) is 5.70. The van der Waals surface area contributed by atoms with Gasteiger partial charge in [-0.15, -0.1) is 0 Å². The maximum atomic E-state index is 12.6. The second-order valence-corrected chi connectivity index (χ2v) is 10.8. The standard InChI is InChI=1S/C32H39N3O3/c1-5-37-31(36)32(4)16-18-35(20-22(32)2)30-12-8-10-28(34-30)27-9-6-7-11-29(27)38-21-25-14-13-24-19-33-17-15-26(24)23(25)3/h6-14,22,33H,5,15-21H2,1-4H3/t22-,32-/m0/s1. The number of nitrogens with zero attached hydrogens (tertiary/aromatic N) is 2. The topological polar surface area (TPSA) is 63.7 Å². The summed E-state index contributed by atoms with van der Waals surface area (Å²) in [5.41, 5.74) is 6.84. The van der Waals surface area contributed by atoms with Crippen LogP contribution < -0.4 is 15.0 Å². The van der Waals surface area contributed by atoms with Gasteiger partial charge >= 0.3 is 5.97 Å². The molecule has 2 aliphatic rings. The Labute approximate surface area is 226 Å². The molecule has 0 unspecified atom stereocenters. The highest BCUT2D eigenvalue weighted by molar-refractivity contribution is 5.77. The Balaban J connectivity index is 1.33. The monoisotopic (exact) mass is 513 g/mol. The van der Waals surface area contributed by atoms with Crippen LogP contribution in [-0.4, -0.2) is 37.2 Å². The minimum absolute atomic E-state index is 0.0919. The van der Waals surface area contributed by atoms with Crippen LogP contribution in [0.25, 0.3) is 11.3 Å². The van der Waals surface area contributed by atoms with Crippen LogP contribution in [0.15, 0.2) is 54.6 Å². The molecule has 1 N–H and O–H groups in total. The summed E-state index contributed by atoms with van der Waals surface area (Å²) in [6, 6.07) is 18.7. The number of ether oxygens (including phenoxy) is 2. The van der Waals surface area contributed by atoms with Gasteiger partial charge in [-0.05, 0) is 92.6 Å². The average Bonchev–Trinajstić information content (AvgIpc) is 2.95. The first-order valence-corrected chi connectivity index (χ1v) is 13.8. The fourth-order valence-electron chi connectivity index (χ4n) is 5.72. The lowest BCUT2D eigenvalue weighted by molar-refractivity contribution is -0.158. The van der Waals surface area contributed by atoms with Crippen LogP contribution >= 0.6 is 0 Å². The summed E-state index contributed by atoms with van der Waals surface area (Å²) in [4.78, 5) is 20.0. The smallest absolute Gasteiger partial charge is 0.312 e. The second-order valence-electron chi connectivity index (χ2n) is 10.8. The van der Waals surface area contributed by atoms with E-state index in [1.165, 1.54) is 22.3 Å². The first kappa shape index (κ1) is 26.2. The molecule has 1 aromatic heterocycles. The lowest BCUT2D eigenvalue weighted by Crippen LogP contribution is -2.49. The normalized spacial score (nSPS) is 21.1. The van der Waals surface area contributed by atoms with Crippen LogP contribution in [-0.2, 0) is 29.1 Å². The van der Waals surface area contributed by atoms with Crippen molar-refractivity contribution in [1.82, 2.24) is 10.3 Å². The van der Waals surface area contributed by atoms with E-state index in [2.05, 4.69) is 54.4 Å². The predicted molar refractivity (Wildman–Crippen MR) is 151 cm³/mol. The van der Waals surface area contributed by atoms with E-state index in [-0.39, 0.29) is 11.9 Å². The number of aromatic nitrogens is 1. The summed E-state index contributed by atoms with van der Waals surface area (Å²) in [5, 5.41) is 3.45. The summed E-state index contributed by atoms with van der Waals surface area (Å²) >= 11 is 0. The van der Waals surface area contributed by atoms with Crippen LogP contribution in [0.5, 0.6) is 5.75 Å². The number of esters is 1. The number of anilines is 1. The largest absolute Gasteiger partial charge is 0.488 e. The number of piperidine rings is 1. The molecule has 0 bridgehead atoms. The van der Waals surface area contributed by atoms with Crippen LogP contribution in [0.2, 0.25) is 0 Å². The van der Waals surface area contributed by atoms with E-state index in [9.17, 15) is 4.79 Å². The van der Waals surface area contributed by atoms with E-state index >= 15 is 0 Å². The summed E-state index contributed by atoms with van der Waals surface area (Å²) in [6.45, 7) is 12.7. The molecule has 3 heterocycles. The highest BCUT2D eigenvalue weighted by Gasteiger charge is 2.44. The molecule has 0 radical (unpaired) electrons. The molecule has 6 heteroatoms. The number of fused-ring (bicyclic) bond motifs is 1. The van der Waals surface area contributed by atoms with Crippen molar-refractivity contribution in [2.75, 3.05) is 31.1 Å². The van der Waals surface area contributed by atoms with E-state index in [0.29, 0.717) is 13.2 Å². The Kier molecular flexibility index (Phi) is 7.70. The Morgan fingerprint density at radius 3 is 2.82 bits per heavy atom. The van der Waals surface area contributed by atoms with Gasteiger partial charge in [0.1, 0.15) is 18.2 Å². The summed E-state index contributed by atoms with van der Waals surface area (Å²) in [5.74, 6) is 1.82. The number of rotatable bonds is 7. The van der Waals surface area contributed by atoms with Gasteiger partial charge in [0.25, 0.3) is 0 Å². The maximum absolute atomic E-state index is 12.6. The zero-order valence-corrected chi connectivity index (χ0v) is 23.0. The summed E-state index contributed by atoms with van der Waals surface area (Å²) in [7, 11) is 0. The zero-order chi connectivity index (χ0) is 26.7. The van der Waals surface area contributed by atoms with Crippen LogP contribution in [0.1, 0.15) is 49.4 Å². The molecule has 200 valence electrons. The van der Waals surface area contributed by atoms with Gasteiger partial charge in [-0.2, -0.15) is 0 Å². The quantitative estimate of drug-likeness (QED) is 0.409. The first-order valence-electron chi connectivity index (χ1n) is 13.8. The summed E-state index contributed by atoms with van der Waals surface area (Å²) in [6.07, 6.45) is 1.81. The molecule has 0 saturated carbocycles. The van der Waals surface area contributed by atoms with Crippen molar-refractivity contribution in [1.29, 1.82) is 0 Å². The Hall–Kier alpha value is -3.38. The van der Waals surface area contributed by atoms with Gasteiger partial charge < -0.3 is 19.7 Å². The molecule has 0 amide bonds. The molecule has 0 spiro atoms. The van der Waals surface area contributed by atoms with Crippen LogP contribution in [0.4, 0.5) is 5.82 Å². The number of para-hydroxylation sites is 1. The maximum Gasteiger partial charge on any atom is 0.312 e. The van der Waals surface area contributed by atoms with Crippen molar-refractivity contribution in [3.63, 3.8) is 0 Å². The molecule has 5 rings (SSSR count). The van der Waals surface area contributed by atoms with Gasteiger partial charge in [0.05, 0.1) is 17.7 Å². The number of hydrogen-bond donors (Lipinski definition) is 1. The minimum atomic E-state index is -0.462. The lowest BCUT2D eigenvalue weighted by Gasteiger charge is -2.43. The molecule has 1 fully saturated rings. The molecule has 3 aromatic rings. The fourth-order valence-corrected chi connectivity index (χ4v) is 5.72. The Morgan fingerprint density at radius 1 is 1.16 bits per heavy atom. The van der Waals surface area contributed by atoms with Crippen molar-refractivity contribution in [2.45, 2.75) is 53.7 Å². The number of hydrogen-bond acceptors (Lipinski definition) is 6. The zero-order valence-electron chi connectivity index (χ0n) is 23.0. The average molecular weight is 514 g/mol. The van der Waals surface area contributed by atoms with Crippen LogP contribution in [0, 0.1) is 18.3 Å². The molecule has 38 heavy (non-hydrogen) atoms. The summed E-state index contributed by atoms with van der Waals surface area (Å²) < 4.78 is 11.8. The Bertz CT molecular complexity index is 1310. The van der Waals surface area contributed by atoms with E-state index in [1.807, 2.05) is 38.1 Å². The first-order chi connectivity index (χ1) is 18.4. The second kappa shape index (κ2) is 11.2. The molecular weight excluding hydrogens is 474 g/mol. The molecule has 2 aliphatic heterocycles. The molecule has 6 nitrogen and oxygen atoms in total. The Morgan fingerprint density at radius 2 is 2.00 bits per heavy atom. The van der Waals surface area contributed by atoms with Crippen molar-refractivity contribution in [3.05, 3.63) is 76.9 Å². The van der Waals surface area contributed by atoms with E-state index < -0.39 is 5.41 Å². The van der Waals surface area contributed by atoms with Crippen molar-refractivity contribution < 1.29 is 14.3 Å². The minimum Gasteiger partial charge on any atom is -0.488 e. The van der Waals surface area contributed by atoms with Gasteiger partial charge in [0, 0.05) is 25.2 Å². The number of benzene rings is 2. The number of carbonyl (C=O) groups is 1.